The molecule has 1 aliphatic rings. The molecule has 0 saturated heterocycles. The third-order valence-electron chi connectivity index (χ3n) is 4.04. The fraction of sp³-hybridized carbons (Fsp3) is 0.158. The first-order valence-corrected chi connectivity index (χ1v) is 7.09. The smallest absolute Gasteiger partial charge is 0.138 e. The molecule has 0 amide bonds. The molecule has 0 fully saturated rings. The zero-order valence-corrected chi connectivity index (χ0v) is 11.5. The highest BCUT2D eigenvalue weighted by molar-refractivity contribution is 5.73. The van der Waals surface area contributed by atoms with Crippen molar-refractivity contribution in [2.75, 3.05) is 0 Å². The fourth-order valence-electron chi connectivity index (χ4n) is 3.01. The molecule has 4 rings (SSSR count). The van der Waals surface area contributed by atoms with Gasteiger partial charge in [-0.3, -0.25) is 0 Å². The van der Waals surface area contributed by atoms with E-state index in [1.165, 1.54) is 22.3 Å². The van der Waals surface area contributed by atoms with Gasteiger partial charge in [0, 0.05) is 11.1 Å². The van der Waals surface area contributed by atoms with Gasteiger partial charge >= 0.3 is 0 Å². The van der Waals surface area contributed by atoms with Crippen LogP contribution < -0.4 is 0 Å². The van der Waals surface area contributed by atoms with Gasteiger partial charge in [-0.15, -0.1) is 0 Å². The molecule has 3 aromatic rings. The summed E-state index contributed by atoms with van der Waals surface area (Å²) in [5.41, 5.74) is 6.48. The van der Waals surface area contributed by atoms with Gasteiger partial charge in [0.1, 0.15) is 11.5 Å². The van der Waals surface area contributed by atoms with Crippen molar-refractivity contribution in [1.29, 1.82) is 0 Å². The average molecular weight is 260 g/mol. The van der Waals surface area contributed by atoms with Crippen molar-refractivity contribution in [3.05, 3.63) is 71.3 Å². The monoisotopic (exact) mass is 260 g/mol. The summed E-state index contributed by atoms with van der Waals surface area (Å²) in [4.78, 5) is 0. The van der Waals surface area contributed by atoms with Crippen molar-refractivity contribution in [3.8, 4) is 22.6 Å². The summed E-state index contributed by atoms with van der Waals surface area (Å²) in [6.07, 6.45) is 2.18. The molecule has 20 heavy (non-hydrogen) atoms. The maximum absolute atomic E-state index is 6.16. The molecule has 0 saturated carbocycles. The summed E-state index contributed by atoms with van der Waals surface area (Å²) in [6.45, 7) is 2.15. The van der Waals surface area contributed by atoms with E-state index >= 15 is 0 Å². The van der Waals surface area contributed by atoms with Crippen LogP contribution in [-0.2, 0) is 12.8 Å². The lowest BCUT2D eigenvalue weighted by molar-refractivity contribution is 0.590. The van der Waals surface area contributed by atoms with E-state index in [1.807, 2.05) is 18.2 Å². The Morgan fingerprint density at radius 3 is 2.50 bits per heavy atom. The Kier molecular flexibility index (Phi) is 2.53. The van der Waals surface area contributed by atoms with Gasteiger partial charge in [-0.2, -0.15) is 0 Å². The Bertz CT molecular complexity index is 766. The molecule has 1 aromatic heterocycles. The molecule has 0 N–H and O–H groups in total. The molecule has 0 spiro atoms. The standard InChI is InChI=1S/C19H16O/c1-13-7-10-17-15(11-13)8-9-16-12-18(20-19(16)17)14-5-3-2-4-6-14/h2-7,10-12H,8-9H2,1H3. The summed E-state index contributed by atoms with van der Waals surface area (Å²) < 4.78 is 6.16. The van der Waals surface area contributed by atoms with Crippen LogP contribution in [0.15, 0.2) is 59.0 Å². The Hall–Kier alpha value is -2.28. The van der Waals surface area contributed by atoms with Crippen LogP contribution in [0.5, 0.6) is 0 Å². The van der Waals surface area contributed by atoms with Gasteiger partial charge in [-0.25, -0.2) is 0 Å². The zero-order chi connectivity index (χ0) is 13.5. The van der Waals surface area contributed by atoms with E-state index in [0.29, 0.717) is 0 Å². The van der Waals surface area contributed by atoms with Crippen LogP contribution in [0.1, 0.15) is 16.7 Å². The van der Waals surface area contributed by atoms with Gasteiger partial charge < -0.3 is 4.42 Å². The highest BCUT2D eigenvalue weighted by Crippen LogP contribution is 2.38. The van der Waals surface area contributed by atoms with E-state index in [-0.39, 0.29) is 0 Å². The number of aryl methyl sites for hydroxylation is 3. The van der Waals surface area contributed by atoms with E-state index < -0.39 is 0 Å². The minimum Gasteiger partial charge on any atom is -0.456 e. The third kappa shape index (κ3) is 1.78. The van der Waals surface area contributed by atoms with Gasteiger partial charge in [-0.05, 0) is 37.0 Å². The van der Waals surface area contributed by atoms with Crippen LogP contribution in [0.3, 0.4) is 0 Å². The maximum Gasteiger partial charge on any atom is 0.138 e. The van der Waals surface area contributed by atoms with Gasteiger partial charge in [0.25, 0.3) is 0 Å². The summed E-state index contributed by atoms with van der Waals surface area (Å²) in [5.74, 6) is 2.04. The minimum atomic E-state index is 0.976. The SMILES string of the molecule is Cc1ccc2c(c1)CCc1cc(-c3ccccc3)oc1-2. The second-order valence-corrected chi connectivity index (χ2v) is 5.49. The quantitative estimate of drug-likeness (QED) is 0.598. The maximum atomic E-state index is 6.16. The van der Waals surface area contributed by atoms with Gasteiger partial charge in [-0.1, -0.05) is 54.1 Å². The van der Waals surface area contributed by atoms with Crippen LogP contribution >= 0.6 is 0 Å². The molecule has 1 heterocycles. The van der Waals surface area contributed by atoms with Crippen molar-refractivity contribution in [2.45, 2.75) is 19.8 Å². The van der Waals surface area contributed by atoms with Crippen molar-refractivity contribution in [2.24, 2.45) is 0 Å². The first-order chi connectivity index (χ1) is 9.81. The summed E-state index contributed by atoms with van der Waals surface area (Å²) in [6, 6.07) is 19.2. The van der Waals surface area contributed by atoms with E-state index in [0.717, 1.165) is 29.9 Å². The van der Waals surface area contributed by atoms with E-state index in [9.17, 15) is 0 Å². The molecular weight excluding hydrogens is 244 g/mol. The zero-order valence-electron chi connectivity index (χ0n) is 11.5. The van der Waals surface area contributed by atoms with E-state index in [4.69, 9.17) is 4.42 Å². The second kappa shape index (κ2) is 4.38. The number of fused-ring (bicyclic) bond motifs is 3. The molecular formula is C19H16O. The Morgan fingerprint density at radius 1 is 0.850 bits per heavy atom. The van der Waals surface area contributed by atoms with Crippen LogP contribution in [0.2, 0.25) is 0 Å². The summed E-state index contributed by atoms with van der Waals surface area (Å²) >= 11 is 0. The number of furan rings is 1. The molecule has 1 nitrogen and oxygen atoms in total. The van der Waals surface area contributed by atoms with Gasteiger partial charge in [0.2, 0.25) is 0 Å². The molecule has 0 aliphatic heterocycles. The average Bonchev–Trinajstić information content (AvgIpc) is 2.92. The minimum absolute atomic E-state index is 0.976. The Morgan fingerprint density at radius 2 is 1.65 bits per heavy atom. The van der Waals surface area contributed by atoms with Crippen molar-refractivity contribution < 1.29 is 4.42 Å². The highest BCUT2D eigenvalue weighted by Gasteiger charge is 2.21. The van der Waals surface area contributed by atoms with Crippen LogP contribution in [-0.4, -0.2) is 0 Å². The molecule has 1 aliphatic carbocycles. The van der Waals surface area contributed by atoms with Crippen molar-refractivity contribution >= 4 is 0 Å². The lowest BCUT2D eigenvalue weighted by Gasteiger charge is -2.15. The number of hydrogen-bond acceptors (Lipinski definition) is 1. The van der Waals surface area contributed by atoms with Crippen molar-refractivity contribution in [3.63, 3.8) is 0 Å². The largest absolute Gasteiger partial charge is 0.456 e. The molecule has 1 heteroatoms. The van der Waals surface area contributed by atoms with Gasteiger partial charge in [0.15, 0.2) is 0 Å². The molecule has 0 radical (unpaired) electrons. The fourth-order valence-corrected chi connectivity index (χ4v) is 3.01. The molecule has 98 valence electrons. The number of hydrogen-bond donors (Lipinski definition) is 0. The highest BCUT2D eigenvalue weighted by atomic mass is 16.3. The molecule has 0 atom stereocenters. The van der Waals surface area contributed by atoms with Crippen LogP contribution in [0.4, 0.5) is 0 Å². The lowest BCUT2D eigenvalue weighted by atomic mass is 9.90. The van der Waals surface area contributed by atoms with E-state index in [2.05, 4.69) is 43.3 Å². The lowest BCUT2D eigenvalue weighted by Crippen LogP contribution is -2.01. The van der Waals surface area contributed by atoms with Crippen molar-refractivity contribution in [1.82, 2.24) is 0 Å². The molecule has 0 bridgehead atoms. The summed E-state index contributed by atoms with van der Waals surface area (Å²) in [5, 5.41) is 0. The predicted molar refractivity (Wildman–Crippen MR) is 81.7 cm³/mol. The Balaban J connectivity index is 1.86. The Labute approximate surface area is 118 Å². The van der Waals surface area contributed by atoms with Gasteiger partial charge in [0.05, 0.1) is 0 Å². The number of benzene rings is 2. The second-order valence-electron chi connectivity index (χ2n) is 5.49. The summed E-state index contributed by atoms with van der Waals surface area (Å²) in [7, 11) is 0. The molecule has 0 unspecified atom stereocenters. The number of rotatable bonds is 1. The predicted octanol–water partition coefficient (Wildman–Crippen LogP) is 5.02. The normalized spacial score (nSPS) is 12.8. The first kappa shape index (κ1) is 11.5. The van der Waals surface area contributed by atoms with E-state index in [1.54, 1.807) is 0 Å². The third-order valence-corrected chi connectivity index (χ3v) is 4.04. The van der Waals surface area contributed by atoms with Crippen LogP contribution in [0, 0.1) is 6.92 Å². The topological polar surface area (TPSA) is 13.1 Å². The van der Waals surface area contributed by atoms with Crippen LogP contribution in [0.25, 0.3) is 22.6 Å². The molecule has 2 aromatic carbocycles. The first-order valence-electron chi connectivity index (χ1n) is 7.09.